The van der Waals surface area contributed by atoms with E-state index in [4.69, 9.17) is 0 Å². The molecule has 1 N–H and O–H groups in total. The van der Waals surface area contributed by atoms with Crippen LogP contribution in [0.3, 0.4) is 0 Å². The number of benzene rings is 1. The zero-order valence-electron chi connectivity index (χ0n) is 16.6. The van der Waals surface area contributed by atoms with Gasteiger partial charge in [0.25, 0.3) is 5.91 Å². The molecule has 2 heterocycles. The van der Waals surface area contributed by atoms with Crippen molar-refractivity contribution in [3.8, 4) is 0 Å². The minimum atomic E-state index is -3.41. The molecule has 0 bridgehead atoms. The average Bonchev–Trinajstić information content (AvgIpc) is 2.69. The van der Waals surface area contributed by atoms with Crippen LogP contribution in [0.2, 0.25) is 0 Å². The minimum Gasteiger partial charge on any atom is -0.334 e. The second-order valence-electron chi connectivity index (χ2n) is 7.16. The van der Waals surface area contributed by atoms with Gasteiger partial charge in [-0.1, -0.05) is 6.92 Å². The normalized spacial score (nSPS) is 14.0. The standard InChI is InChI=1S/C20H22F3N3O3S/c1-3-8-30(28,29)25-10-15-12(2)24-9-13-11-26(7-6-14(13)15)20(27)18-16(21)4-5-17(22)19(18)23/h4-5,9,25H,3,6-8,10-11H2,1-2H3. The highest BCUT2D eigenvalue weighted by molar-refractivity contribution is 7.89. The number of fused-ring (bicyclic) bond motifs is 1. The molecule has 10 heteroatoms. The van der Waals surface area contributed by atoms with Crippen molar-refractivity contribution in [2.75, 3.05) is 12.3 Å². The summed E-state index contributed by atoms with van der Waals surface area (Å²) in [7, 11) is -3.41. The van der Waals surface area contributed by atoms with Gasteiger partial charge in [0.2, 0.25) is 10.0 Å². The molecule has 30 heavy (non-hydrogen) atoms. The van der Waals surface area contributed by atoms with E-state index in [9.17, 15) is 26.4 Å². The van der Waals surface area contributed by atoms with E-state index >= 15 is 0 Å². The Labute approximate surface area is 173 Å². The van der Waals surface area contributed by atoms with E-state index in [1.165, 1.54) is 4.90 Å². The van der Waals surface area contributed by atoms with Crippen LogP contribution >= 0.6 is 0 Å². The van der Waals surface area contributed by atoms with Crippen LogP contribution in [0, 0.1) is 24.4 Å². The molecule has 0 unspecified atom stereocenters. The van der Waals surface area contributed by atoms with E-state index in [2.05, 4.69) is 9.71 Å². The Hall–Kier alpha value is -2.46. The fraction of sp³-hybridized carbons (Fsp3) is 0.400. The number of hydrogen-bond donors (Lipinski definition) is 1. The van der Waals surface area contributed by atoms with E-state index in [0.29, 0.717) is 30.2 Å². The van der Waals surface area contributed by atoms with Gasteiger partial charge in [-0.05, 0) is 48.6 Å². The monoisotopic (exact) mass is 441 g/mol. The van der Waals surface area contributed by atoms with E-state index in [-0.39, 0.29) is 25.4 Å². The number of nitrogens with zero attached hydrogens (tertiary/aromatic N) is 2. The van der Waals surface area contributed by atoms with Gasteiger partial charge in [-0.15, -0.1) is 0 Å². The summed E-state index contributed by atoms with van der Waals surface area (Å²) in [5.74, 6) is -4.87. The number of carbonyl (C=O) groups is 1. The maximum absolute atomic E-state index is 14.0. The molecule has 0 aliphatic carbocycles. The van der Waals surface area contributed by atoms with Crippen molar-refractivity contribution in [2.24, 2.45) is 0 Å². The average molecular weight is 441 g/mol. The first-order chi connectivity index (χ1) is 14.1. The van der Waals surface area contributed by atoms with Gasteiger partial charge in [-0.25, -0.2) is 26.3 Å². The Kier molecular flexibility index (Phi) is 6.47. The van der Waals surface area contributed by atoms with Gasteiger partial charge in [0.1, 0.15) is 11.4 Å². The van der Waals surface area contributed by atoms with Gasteiger partial charge in [0.05, 0.1) is 5.75 Å². The topological polar surface area (TPSA) is 79.4 Å². The first kappa shape index (κ1) is 22.2. The van der Waals surface area contributed by atoms with Gasteiger partial charge in [-0.3, -0.25) is 9.78 Å². The van der Waals surface area contributed by atoms with Crippen LogP contribution in [0.4, 0.5) is 13.2 Å². The van der Waals surface area contributed by atoms with Gasteiger partial charge < -0.3 is 4.90 Å². The molecule has 0 saturated carbocycles. The van der Waals surface area contributed by atoms with Crippen LogP contribution in [-0.4, -0.2) is 36.5 Å². The smallest absolute Gasteiger partial charge is 0.260 e. The number of hydrogen-bond acceptors (Lipinski definition) is 4. The highest BCUT2D eigenvalue weighted by Gasteiger charge is 2.29. The number of aromatic nitrogens is 1. The number of carbonyl (C=O) groups excluding carboxylic acids is 1. The zero-order valence-corrected chi connectivity index (χ0v) is 17.5. The number of amides is 1. The molecular formula is C20H22F3N3O3S. The third kappa shape index (κ3) is 4.49. The molecule has 1 aliphatic heterocycles. The quantitative estimate of drug-likeness (QED) is 0.700. The summed E-state index contributed by atoms with van der Waals surface area (Å²) >= 11 is 0. The maximum Gasteiger partial charge on any atom is 0.260 e. The number of nitrogens with one attached hydrogen (secondary N) is 1. The van der Waals surface area contributed by atoms with Gasteiger partial charge in [-0.2, -0.15) is 0 Å². The highest BCUT2D eigenvalue weighted by atomic mass is 32.2. The lowest BCUT2D eigenvalue weighted by molar-refractivity contribution is 0.0723. The lowest BCUT2D eigenvalue weighted by atomic mass is 9.94. The van der Waals surface area contributed by atoms with Crippen molar-refractivity contribution in [3.63, 3.8) is 0 Å². The molecule has 6 nitrogen and oxygen atoms in total. The fourth-order valence-electron chi connectivity index (χ4n) is 3.53. The first-order valence-electron chi connectivity index (χ1n) is 9.51. The van der Waals surface area contributed by atoms with Crippen molar-refractivity contribution in [1.82, 2.24) is 14.6 Å². The molecule has 0 spiro atoms. The van der Waals surface area contributed by atoms with Crippen LogP contribution < -0.4 is 4.72 Å². The molecule has 3 rings (SSSR count). The molecule has 0 saturated heterocycles. The summed E-state index contributed by atoms with van der Waals surface area (Å²) in [6.45, 7) is 3.79. The summed E-state index contributed by atoms with van der Waals surface area (Å²) in [5.41, 5.74) is 1.97. The Balaban J connectivity index is 1.85. The molecule has 1 aliphatic rings. The second-order valence-corrected chi connectivity index (χ2v) is 9.09. The van der Waals surface area contributed by atoms with Crippen LogP contribution in [0.15, 0.2) is 18.3 Å². The van der Waals surface area contributed by atoms with E-state index < -0.39 is 38.9 Å². The zero-order chi connectivity index (χ0) is 22.1. The number of halogens is 3. The van der Waals surface area contributed by atoms with Gasteiger partial charge >= 0.3 is 0 Å². The van der Waals surface area contributed by atoms with Crippen LogP contribution in [-0.2, 0) is 29.5 Å². The van der Waals surface area contributed by atoms with Gasteiger partial charge in [0, 0.05) is 31.5 Å². The Morgan fingerprint density at radius 3 is 2.63 bits per heavy atom. The molecule has 1 aromatic heterocycles. The molecule has 0 atom stereocenters. The summed E-state index contributed by atoms with van der Waals surface area (Å²) in [4.78, 5) is 18.2. The lowest BCUT2D eigenvalue weighted by Crippen LogP contribution is -2.38. The molecule has 162 valence electrons. The van der Waals surface area contributed by atoms with E-state index in [1.54, 1.807) is 20.0 Å². The molecule has 2 aromatic rings. The maximum atomic E-state index is 14.0. The minimum absolute atomic E-state index is 0.0154. The largest absolute Gasteiger partial charge is 0.334 e. The SMILES string of the molecule is CCCS(=O)(=O)NCc1c(C)ncc2c1CCN(C(=O)c1c(F)ccc(F)c1F)C2. The number of aryl methyl sites for hydroxylation is 1. The van der Waals surface area contributed by atoms with Crippen LogP contribution in [0.1, 0.15) is 46.1 Å². The Morgan fingerprint density at radius 1 is 1.23 bits per heavy atom. The molecule has 0 radical (unpaired) electrons. The third-order valence-electron chi connectivity index (χ3n) is 5.08. The summed E-state index contributed by atoms with van der Waals surface area (Å²) in [6, 6.07) is 1.35. The molecule has 1 amide bonds. The molecule has 1 aromatic carbocycles. The Bertz CT molecular complexity index is 1090. The van der Waals surface area contributed by atoms with Crippen molar-refractivity contribution >= 4 is 15.9 Å². The molecule has 0 fully saturated rings. The Morgan fingerprint density at radius 2 is 1.93 bits per heavy atom. The predicted octanol–water partition coefficient (Wildman–Crippen LogP) is 2.84. The fourth-order valence-corrected chi connectivity index (χ4v) is 4.58. The van der Waals surface area contributed by atoms with E-state index in [1.807, 2.05) is 0 Å². The van der Waals surface area contributed by atoms with Crippen molar-refractivity contribution in [2.45, 2.75) is 39.8 Å². The number of rotatable bonds is 6. The van der Waals surface area contributed by atoms with Crippen molar-refractivity contribution in [3.05, 3.63) is 63.7 Å². The van der Waals surface area contributed by atoms with Gasteiger partial charge in [0.15, 0.2) is 11.6 Å². The predicted molar refractivity (Wildman–Crippen MR) is 105 cm³/mol. The summed E-state index contributed by atoms with van der Waals surface area (Å²) in [5, 5.41) is 0. The number of pyridine rings is 1. The van der Waals surface area contributed by atoms with Crippen LogP contribution in [0.5, 0.6) is 0 Å². The van der Waals surface area contributed by atoms with Crippen molar-refractivity contribution in [1.29, 1.82) is 0 Å². The van der Waals surface area contributed by atoms with Crippen LogP contribution in [0.25, 0.3) is 0 Å². The second kappa shape index (κ2) is 8.73. The summed E-state index contributed by atoms with van der Waals surface area (Å²) in [6.07, 6.45) is 2.41. The number of sulfonamides is 1. The summed E-state index contributed by atoms with van der Waals surface area (Å²) < 4.78 is 68.0. The lowest BCUT2D eigenvalue weighted by Gasteiger charge is -2.30. The molecular weight excluding hydrogens is 419 g/mol. The third-order valence-corrected chi connectivity index (χ3v) is 6.61. The van der Waals surface area contributed by atoms with Crippen molar-refractivity contribution < 1.29 is 26.4 Å². The first-order valence-corrected chi connectivity index (χ1v) is 11.2. The highest BCUT2D eigenvalue weighted by Crippen LogP contribution is 2.26. The van der Waals surface area contributed by atoms with E-state index in [0.717, 1.165) is 17.2 Å².